The third-order valence-electron chi connectivity index (χ3n) is 3.56. The average Bonchev–Trinajstić information content (AvgIpc) is 2.47. The van der Waals surface area contributed by atoms with Gasteiger partial charge in [0.15, 0.2) is 0 Å². The molecule has 1 unspecified atom stereocenters. The molecule has 21 heavy (non-hydrogen) atoms. The first-order valence-electron chi connectivity index (χ1n) is 7.39. The van der Waals surface area contributed by atoms with E-state index in [1.165, 1.54) is 0 Å². The molecule has 0 saturated carbocycles. The topological polar surface area (TPSA) is 84.6 Å². The van der Waals surface area contributed by atoms with Gasteiger partial charge in [-0.2, -0.15) is 0 Å². The van der Waals surface area contributed by atoms with Gasteiger partial charge in [0.1, 0.15) is 5.75 Å². The fraction of sp³-hybridized carbons (Fsp3) is 0.562. The van der Waals surface area contributed by atoms with Crippen LogP contribution in [0.1, 0.15) is 38.7 Å². The summed E-state index contributed by atoms with van der Waals surface area (Å²) in [5, 5.41) is 12.1. The standard InChI is InChI=1S/C16H26N2O3/c1-3-18-16(2,15(17)20)10-4-5-11-21-14-8-6-13(12-19)7-9-14/h6-9,18-19H,3-5,10-12H2,1-2H3,(H2,17,20). The molecule has 1 aromatic carbocycles. The zero-order chi connectivity index (χ0) is 15.7. The van der Waals surface area contributed by atoms with E-state index in [4.69, 9.17) is 15.6 Å². The Bertz CT molecular complexity index is 434. The van der Waals surface area contributed by atoms with Crippen molar-refractivity contribution in [3.8, 4) is 5.75 Å². The van der Waals surface area contributed by atoms with E-state index in [9.17, 15) is 4.79 Å². The lowest BCUT2D eigenvalue weighted by atomic mass is 9.94. The summed E-state index contributed by atoms with van der Waals surface area (Å²) >= 11 is 0. The number of carbonyl (C=O) groups is 1. The number of benzene rings is 1. The lowest BCUT2D eigenvalue weighted by Gasteiger charge is -2.26. The number of rotatable bonds is 10. The summed E-state index contributed by atoms with van der Waals surface area (Å²) in [7, 11) is 0. The maximum absolute atomic E-state index is 11.5. The van der Waals surface area contributed by atoms with Crippen molar-refractivity contribution in [2.45, 2.75) is 45.3 Å². The molecule has 0 aliphatic rings. The first-order valence-corrected chi connectivity index (χ1v) is 7.39. The highest BCUT2D eigenvalue weighted by atomic mass is 16.5. The van der Waals surface area contributed by atoms with E-state index in [1.54, 1.807) is 0 Å². The summed E-state index contributed by atoms with van der Waals surface area (Å²) in [5.41, 5.74) is 5.66. The Morgan fingerprint density at radius 2 is 2.00 bits per heavy atom. The molecule has 1 aromatic rings. The van der Waals surface area contributed by atoms with Gasteiger partial charge in [-0.25, -0.2) is 0 Å². The highest BCUT2D eigenvalue weighted by Crippen LogP contribution is 2.15. The smallest absolute Gasteiger partial charge is 0.237 e. The lowest BCUT2D eigenvalue weighted by molar-refractivity contribution is -0.124. The number of hydrogen-bond acceptors (Lipinski definition) is 4. The van der Waals surface area contributed by atoms with Crippen molar-refractivity contribution in [3.63, 3.8) is 0 Å². The number of carbonyl (C=O) groups excluding carboxylic acids is 1. The molecule has 0 heterocycles. The van der Waals surface area contributed by atoms with Crippen LogP contribution >= 0.6 is 0 Å². The van der Waals surface area contributed by atoms with E-state index in [0.717, 1.165) is 24.2 Å². The largest absolute Gasteiger partial charge is 0.494 e. The van der Waals surface area contributed by atoms with Crippen molar-refractivity contribution in [2.24, 2.45) is 5.73 Å². The Hall–Kier alpha value is -1.59. The van der Waals surface area contributed by atoms with Crippen molar-refractivity contribution < 1.29 is 14.6 Å². The first-order chi connectivity index (χ1) is 10.0. The van der Waals surface area contributed by atoms with Crippen LogP contribution in [0.2, 0.25) is 0 Å². The van der Waals surface area contributed by atoms with Gasteiger partial charge in [-0.15, -0.1) is 0 Å². The molecule has 1 rings (SSSR count). The van der Waals surface area contributed by atoms with Crippen LogP contribution in [0.5, 0.6) is 5.75 Å². The Balaban J connectivity index is 2.28. The molecule has 0 spiro atoms. The molecule has 0 radical (unpaired) electrons. The van der Waals surface area contributed by atoms with Gasteiger partial charge >= 0.3 is 0 Å². The molecule has 0 aliphatic heterocycles. The van der Waals surface area contributed by atoms with Crippen molar-refractivity contribution in [1.82, 2.24) is 5.32 Å². The summed E-state index contributed by atoms with van der Waals surface area (Å²) in [6.45, 7) is 5.15. The zero-order valence-corrected chi connectivity index (χ0v) is 12.9. The second kappa shape index (κ2) is 8.64. The number of ether oxygens (including phenoxy) is 1. The second-order valence-electron chi connectivity index (χ2n) is 5.33. The zero-order valence-electron chi connectivity index (χ0n) is 12.9. The summed E-state index contributed by atoms with van der Waals surface area (Å²) in [4.78, 5) is 11.5. The number of hydrogen-bond donors (Lipinski definition) is 3. The molecule has 5 heteroatoms. The molecule has 5 nitrogen and oxygen atoms in total. The predicted octanol–water partition coefficient (Wildman–Crippen LogP) is 1.58. The van der Waals surface area contributed by atoms with Gasteiger partial charge in [-0.1, -0.05) is 19.1 Å². The molecule has 118 valence electrons. The molecule has 0 fully saturated rings. The molecule has 0 bridgehead atoms. The number of likely N-dealkylation sites (N-methyl/N-ethyl adjacent to an activating group) is 1. The summed E-state index contributed by atoms with van der Waals surface area (Å²) in [6, 6.07) is 7.37. The second-order valence-corrected chi connectivity index (χ2v) is 5.33. The van der Waals surface area contributed by atoms with Gasteiger partial charge in [0.25, 0.3) is 0 Å². The van der Waals surface area contributed by atoms with E-state index in [2.05, 4.69) is 5.32 Å². The average molecular weight is 294 g/mol. The van der Waals surface area contributed by atoms with Gasteiger partial charge in [-0.05, 0) is 50.4 Å². The minimum absolute atomic E-state index is 0.0381. The Morgan fingerprint density at radius 3 is 2.52 bits per heavy atom. The quantitative estimate of drug-likeness (QED) is 0.572. The molecule has 0 saturated heterocycles. The van der Waals surface area contributed by atoms with Gasteiger partial charge in [0, 0.05) is 0 Å². The normalized spacial score (nSPS) is 13.7. The molecular formula is C16H26N2O3. The van der Waals surface area contributed by atoms with Crippen molar-refractivity contribution >= 4 is 5.91 Å². The maximum Gasteiger partial charge on any atom is 0.237 e. The van der Waals surface area contributed by atoms with Crippen LogP contribution in [-0.4, -0.2) is 29.7 Å². The Labute approximate surface area is 126 Å². The van der Waals surface area contributed by atoms with Crippen LogP contribution in [0, 0.1) is 0 Å². The highest BCUT2D eigenvalue weighted by molar-refractivity contribution is 5.84. The van der Waals surface area contributed by atoms with Gasteiger partial charge in [0.05, 0.1) is 18.8 Å². The van der Waals surface area contributed by atoms with E-state index < -0.39 is 5.54 Å². The summed E-state index contributed by atoms with van der Waals surface area (Å²) in [6.07, 6.45) is 2.42. The first kappa shape index (κ1) is 17.5. The van der Waals surface area contributed by atoms with Crippen molar-refractivity contribution in [1.29, 1.82) is 0 Å². The van der Waals surface area contributed by atoms with Crippen LogP contribution in [0.3, 0.4) is 0 Å². The van der Waals surface area contributed by atoms with Crippen LogP contribution in [0.4, 0.5) is 0 Å². The van der Waals surface area contributed by atoms with E-state index in [1.807, 2.05) is 38.1 Å². The SMILES string of the molecule is CCNC(C)(CCCCOc1ccc(CO)cc1)C(N)=O. The number of nitrogens with one attached hydrogen (secondary N) is 1. The fourth-order valence-corrected chi connectivity index (χ4v) is 2.15. The summed E-state index contributed by atoms with van der Waals surface area (Å²) in [5.74, 6) is 0.474. The fourth-order valence-electron chi connectivity index (χ4n) is 2.15. The Morgan fingerprint density at radius 1 is 1.33 bits per heavy atom. The predicted molar refractivity (Wildman–Crippen MR) is 83.0 cm³/mol. The number of aliphatic hydroxyl groups is 1. The lowest BCUT2D eigenvalue weighted by Crippen LogP contribution is -2.53. The van der Waals surface area contributed by atoms with E-state index in [0.29, 0.717) is 19.6 Å². The van der Waals surface area contributed by atoms with Crippen LogP contribution in [0.25, 0.3) is 0 Å². The number of amides is 1. The molecule has 4 N–H and O–H groups in total. The monoisotopic (exact) mass is 294 g/mol. The van der Waals surface area contributed by atoms with E-state index >= 15 is 0 Å². The minimum Gasteiger partial charge on any atom is -0.494 e. The third-order valence-corrected chi connectivity index (χ3v) is 3.56. The Kier molecular flexibility index (Phi) is 7.19. The van der Waals surface area contributed by atoms with Gasteiger partial charge < -0.3 is 20.9 Å². The van der Waals surface area contributed by atoms with Crippen LogP contribution < -0.4 is 15.8 Å². The molecule has 0 aromatic heterocycles. The molecular weight excluding hydrogens is 268 g/mol. The van der Waals surface area contributed by atoms with Crippen LogP contribution in [-0.2, 0) is 11.4 Å². The molecule has 0 aliphatic carbocycles. The number of aliphatic hydroxyl groups excluding tert-OH is 1. The molecule has 1 amide bonds. The van der Waals surface area contributed by atoms with Gasteiger partial charge in [-0.3, -0.25) is 4.79 Å². The van der Waals surface area contributed by atoms with E-state index in [-0.39, 0.29) is 12.5 Å². The maximum atomic E-state index is 11.5. The number of unbranched alkanes of at least 4 members (excludes halogenated alkanes) is 1. The highest BCUT2D eigenvalue weighted by Gasteiger charge is 2.28. The summed E-state index contributed by atoms with van der Waals surface area (Å²) < 4.78 is 5.62. The molecule has 1 atom stereocenters. The number of primary amides is 1. The van der Waals surface area contributed by atoms with Crippen molar-refractivity contribution in [3.05, 3.63) is 29.8 Å². The minimum atomic E-state index is -0.641. The third kappa shape index (κ3) is 5.73. The number of nitrogens with two attached hydrogens (primary N) is 1. The van der Waals surface area contributed by atoms with Crippen molar-refractivity contribution in [2.75, 3.05) is 13.2 Å². The van der Waals surface area contributed by atoms with Gasteiger partial charge in [0.2, 0.25) is 5.91 Å². The van der Waals surface area contributed by atoms with Crippen LogP contribution in [0.15, 0.2) is 24.3 Å².